The van der Waals surface area contributed by atoms with Crippen molar-refractivity contribution in [3.05, 3.63) is 35.0 Å². The van der Waals surface area contributed by atoms with Crippen molar-refractivity contribution in [2.45, 2.75) is 6.18 Å². The van der Waals surface area contributed by atoms with Gasteiger partial charge in [0, 0.05) is 11.8 Å². The number of hydrogen-bond donors (Lipinski definition) is 1. The first-order valence-electron chi connectivity index (χ1n) is 4.47. The largest absolute Gasteiger partial charge is 0.417 e. The number of hydrogen-bond acceptors (Lipinski definition) is 3. The molecule has 7 heteroatoms. The van der Waals surface area contributed by atoms with Crippen molar-refractivity contribution in [3.63, 3.8) is 0 Å². The first kappa shape index (κ1) is 12.2. The minimum atomic E-state index is -4.47. The Hall–Kier alpha value is -1.27. The summed E-state index contributed by atoms with van der Waals surface area (Å²) in [5.74, 6) is 0. The SMILES string of the molecule is Nc1ncc(-c2cccc(C(F)(F)F)c2Cl)s1. The molecule has 0 radical (unpaired) electrons. The van der Waals surface area contributed by atoms with E-state index in [1.807, 2.05) is 0 Å². The Morgan fingerprint density at radius 1 is 1.29 bits per heavy atom. The average Bonchev–Trinajstić information content (AvgIpc) is 2.63. The third-order valence-electron chi connectivity index (χ3n) is 2.09. The maximum absolute atomic E-state index is 12.6. The summed E-state index contributed by atoms with van der Waals surface area (Å²) in [6.07, 6.45) is -3.06. The van der Waals surface area contributed by atoms with E-state index in [0.29, 0.717) is 4.88 Å². The van der Waals surface area contributed by atoms with Crippen molar-refractivity contribution in [2.24, 2.45) is 0 Å². The van der Waals surface area contributed by atoms with Gasteiger partial charge >= 0.3 is 6.18 Å². The maximum Gasteiger partial charge on any atom is 0.417 e. The molecule has 0 amide bonds. The monoisotopic (exact) mass is 278 g/mol. The number of thiazole rings is 1. The van der Waals surface area contributed by atoms with Gasteiger partial charge in [-0.25, -0.2) is 4.98 Å². The molecule has 1 heterocycles. The number of anilines is 1. The molecule has 17 heavy (non-hydrogen) atoms. The first-order valence-corrected chi connectivity index (χ1v) is 5.66. The summed E-state index contributed by atoms with van der Waals surface area (Å²) in [4.78, 5) is 4.29. The summed E-state index contributed by atoms with van der Waals surface area (Å²) in [5.41, 5.74) is 4.86. The van der Waals surface area contributed by atoms with Gasteiger partial charge in [0.1, 0.15) is 0 Å². The first-order chi connectivity index (χ1) is 7.89. The average molecular weight is 279 g/mol. The predicted molar refractivity (Wildman–Crippen MR) is 62.0 cm³/mol. The van der Waals surface area contributed by atoms with Gasteiger partial charge in [-0.15, -0.1) is 0 Å². The zero-order valence-electron chi connectivity index (χ0n) is 8.25. The van der Waals surface area contributed by atoms with Gasteiger partial charge in [-0.2, -0.15) is 13.2 Å². The van der Waals surface area contributed by atoms with Crippen LogP contribution >= 0.6 is 22.9 Å². The highest BCUT2D eigenvalue weighted by molar-refractivity contribution is 7.18. The minimum absolute atomic E-state index is 0.286. The summed E-state index contributed by atoms with van der Waals surface area (Å²) in [5, 5.41) is -0.0443. The summed E-state index contributed by atoms with van der Waals surface area (Å²) < 4.78 is 37.9. The lowest BCUT2D eigenvalue weighted by atomic mass is 10.1. The molecule has 0 aliphatic rings. The molecule has 2 nitrogen and oxygen atoms in total. The molecule has 0 bridgehead atoms. The van der Waals surface area contributed by atoms with E-state index in [1.165, 1.54) is 18.3 Å². The van der Waals surface area contributed by atoms with E-state index in [-0.39, 0.29) is 15.7 Å². The molecule has 0 aliphatic carbocycles. The van der Waals surface area contributed by atoms with E-state index in [9.17, 15) is 13.2 Å². The minimum Gasteiger partial charge on any atom is -0.375 e. The normalized spacial score (nSPS) is 11.8. The zero-order chi connectivity index (χ0) is 12.6. The lowest BCUT2D eigenvalue weighted by molar-refractivity contribution is -0.137. The molecule has 2 rings (SSSR count). The molecule has 1 aromatic carbocycles. The number of nitrogens with two attached hydrogens (primary N) is 1. The summed E-state index contributed by atoms with van der Waals surface area (Å²) in [7, 11) is 0. The number of halogens is 4. The highest BCUT2D eigenvalue weighted by Crippen LogP contribution is 2.41. The molecule has 2 N–H and O–H groups in total. The van der Waals surface area contributed by atoms with Crippen LogP contribution in [0.1, 0.15) is 5.56 Å². The lowest BCUT2D eigenvalue weighted by Gasteiger charge is -2.10. The Morgan fingerprint density at radius 3 is 2.53 bits per heavy atom. The fourth-order valence-corrected chi connectivity index (χ4v) is 2.46. The molecule has 90 valence electrons. The van der Waals surface area contributed by atoms with Crippen LogP contribution in [0.25, 0.3) is 10.4 Å². The summed E-state index contributed by atoms with van der Waals surface area (Å²) in [6.45, 7) is 0. The quantitative estimate of drug-likeness (QED) is 0.854. The highest BCUT2D eigenvalue weighted by atomic mass is 35.5. The topological polar surface area (TPSA) is 38.9 Å². The third kappa shape index (κ3) is 2.37. The van der Waals surface area contributed by atoms with E-state index in [0.717, 1.165) is 17.4 Å². The number of nitrogens with zero attached hydrogens (tertiary/aromatic N) is 1. The Morgan fingerprint density at radius 2 is 2.00 bits per heavy atom. The van der Waals surface area contributed by atoms with E-state index in [1.54, 1.807) is 0 Å². The van der Waals surface area contributed by atoms with Gasteiger partial charge in [-0.3, -0.25) is 0 Å². The third-order valence-corrected chi connectivity index (χ3v) is 3.36. The fourth-order valence-electron chi connectivity index (χ4n) is 1.35. The molecule has 0 atom stereocenters. The Balaban J connectivity index is 2.57. The fraction of sp³-hybridized carbons (Fsp3) is 0.100. The molecule has 1 aromatic heterocycles. The predicted octanol–water partition coefficient (Wildman–Crippen LogP) is 4.06. The van der Waals surface area contributed by atoms with Gasteiger partial charge in [0.2, 0.25) is 0 Å². The molecule has 2 aromatic rings. The number of alkyl halides is 3. The van der Waals surface area contributed by atoms with Crippen molar-refractivity contribution in [1.82, 2.24) is 4.98 Å². The maximum atomic E-state index is 12.6. The van der Waals surface area contributed by atoms with Crippen LogP contribution in [0.5, 0.6) is 0 Å². The van der Waals surface area contributed by atoms with Gasteiger partial charge in [-0.05, 0) is 6.07 Å². The molecular weight excluding hydrogens is 273 g/mol. The molecule has 0 fully saturated rings. The van der Waals surface area contributed by atoms with Crippen molar-refractivity contribution in [2.75, 3.05) is 5.73 Å². The van der Waals surface area contributed by atoms with Crippen molar-refractivity contribution in [3.8, 4) is 10.4 Å². The second-order valence-electron chi connectivity index (χ2n) is 3.23. The van der Waals surface area contributed by atoms with Gasteiger partial charge in [0.05, 0.1) is 15.5 Å². The Labute approximate surface area is 104 Å². The number of aromatic nitrogens is 1. The summed E-state index contributed by atoms with van der Waals surface area (Å²) >= 11 is 6.84. The van der Waals surface area contributed by atoms with E-state index in [2.05, 4.69) is 4.98 Å². The van der Waals surface area contributed by atoms with Crippen LogP contribution in [0.4, 0.5) is 18.3 Å². The number of nitrogen functional groups attached to an aromatic ring is 1. The van der Waals surface area contributed by atoms with Crippen molar-refractivity contribution in [1.29, 1.82) is 0 Å². The molecule has 0 spiro atoms. The van der Waals surface area contributed by atoms with Crippen LogP contribution in [-0.4, -0.2) is 4.98 Å². The number of rotatable bonds is 1. The van der Waals surface area contributed by atoms with E-state index >= 15 is 0 Å². The highest BCUT2D eigenvalue weighted by Gasteiger charge is 2.34. The molecule has 0 unspecified atom stereocenters. The zero-order valence-corrected chi connectivity index (χ0v) is 9.83. The van der Waals surface area contributed by atoms with Crippen LogP contribution in [0.15, 0.2) is 24.4 Å². The van der Waals surface area contributed by atoms with Gasteiger partial charge in [-0.1, -0.05) is 35.1 Å². The van der Waals surface area contributed by atoms with Crippen LogP contribution in [0.2, 0.25) is 5.02 Å². The van der Waals surface area contributed by atoms with Crippen LogP contribution in [0.3, 0.4) is 0 Å². The second kappa shape index (κ2) is 4.19. The van der Waals surface area contributed by atoms with E-state index < -0.39 is 11.7 Å². The molecule has 0 saturated heterocycles. The standard InChI is InChI=1S/C10H6ClF3N2S/c11-8-5(7-4-16-9(15)17-7)2-1-3-6(8)10(12,13)14/h1-4H,(H2,15,16). The lowest BCUT2D eigenvalue weighted by Crippen LogP contribution is -2.05. The van der Waals surface area contributed by atoms with Crippen LogP contribution < -0.4 is 5.73 Å². The number of benzene rings is 1. The van der Waals surface area contributed by atoms with Crippen LogP contribution in [-0.2, 0) is 6.18 Å². The Kier molecular flexibility index (Phi) is 3.01. The van der Waals surface area contributed by atoms with Crippen LogP contribution in [0, 0.1) is 0 Å². The van der Waals surface area contributed by atoms with Crippen molar-refractivity contribution < 1.29 is 13.2 Å². The molecule has 0 aliphatic heterocycles. The second-order valence-corrected chi connectivity index (χ2v) is 4.67. The van der Waals surface area contributed by atoms with Gasteiger partial charge in [0.15, 0.2) is 5.13 Å². The summed E-state index contributed by atoms with van der Waals surface area (Å²) in [6, 6.07) is 3.75. The van der Waals surface area contributed by atoms with Crippen molar-refractivity contribution >= 4 is 28.1 Å². The van der Waals surface area contributed by atoms with Gasteiger partial charge in [0.25, 0.3) is 0 Å². The van der Waals surface area contributed by atoms with Gasteiger partial charge < -0.3 is 5.73 Å². The molecular formula is C10H6ClF3N2S. The smallest absolute Gasteiger partial charge is 0.375 e. The Bertz CT molecular complexity index is 551. The molecule has 0 saturated carbocycles. The van der Waals surface area contributed by atoms with E-state index in [4.69, 9.17) is 17.3 Å².